The van der Waals surface area contributed by atoms with Crippen LogP contribution in [0.4, 0.5) is 0 Å². The molecule has 0 saturated carbocycles. The van der Waals surface area contributed by atoms with Gasteiger partial charge in [0, 0.05) is 12.3 Å². The molecule has 5 nitrogen and oxygen atoms in total. The lowest BCUT2D eigenvalue weighted by atomic mass is 10.5. The molecule has 80 valence electrons. The molecule has 1 aliphatic rings. The van der Waals surface area contributed by atoms with Crippen molar-refractivity contribution in [3.05, 3.63) is 24.4 Å². The van der Waals surface area contributed by atoms with Gasteiger partial charge in [0.25, 0.3) is 0 Å². The highest BCUT2D eigenvalue weighted by Gasteiger charge is 2.32. The van der Waals surface area contributed by atoms with E-state index in [-0.39, 0.29) is 0 Å². The molecule has 2 heterocycles. The Bertz CT molecular complexity index is 345. The number of nitrogens with zero attached hydrogens (tertiary/aromatic N) is 1. The van der Waals surface area contributed by atoms with E-state index in [9.17, 15) is 4.79 Å². The molecule has 2 unspecified atom stereocenters. The van der Waals surface area contributed by atoms with Gasteiger partial charge in [0.15, 0.2) is 0 Å². The molecule has 0 aromatic carbocycles. The van der Waals surface area contributed by atoms with Crippen LogP contribution < -0.4 is 4.74 Å². The molecular weight excluding hydrogens is 218 g/mol. The van der Waals surface area contributed by atoms with Gasteiger partial charge < -0.3 is 14.6 Å². The summed E-state index contributed by atoms with van der Waals surface area (Å²) in [5.74, 6) is -0.0469. The highest BCUT2D eigenvalue weighted by Crippen LogP contribution is 2.26. The van der Waals surface area contributed by atoms with Gasteiger partial charge in [-0.2, -0.15) is 0 Å². The van der Waals surface area contributed by atoms with Gasteiger partial charge >= 0.3 is 5.97 Å². The number of carbonyl (C=O) groups is 1. The first kappa shape index (κ1) is 10.3. The molecule has 2 atom stereocenters. The molecule has 1 N–H and O–H groups in total. The smallest absolute Gasteiger partial charge is 0.343 e. The van der Waals surface area contributed by atoms with E-state index >= 15 is 0 Å². The Hall–Kier alpha value is -1.27. The van der Waals surface area contributed by atoms with Gasteiger partial charge in [-0.3, -0.25) is 0 Å². The third-order valence-corrected chi connectivity index (χ3v) is 2.83. The number of carboxylic acid groups (broad SMARTS) is 1. The molecule has 1 aromatic rings. The Morgan fingerprint density at radius 3 is 3.13 bits per heavy atom. The maximum Gasteiger partial charge on any atom is 0.343 e. The standard InChI is InChI=1S/C9H9NO4S/c11-8(12)9-14-7(5-15-9)13-6-3-1-2-4-10-6/h1-4,7,9H,5H2,(H,11,12). The highest BCUT2D eigenvalue weighted by molar-refractivity contribution is 8.00. The minimum Gasteiger partial charge on any atom is -0.479 e. The summed E-state index contributed by atoms with van der Waals surface area (Å²) >= 11 is 1.20. The minimum atomic E-state index is -0.980. The number of rotatable bonds is 3. The number of hydrogen-bond acceptors (Lipinski definition) is 5. The van der Waals surface area contributed by atoms with Crippen LogP contribution in [0.1, 0.15) is 0 Å². The zero-order chi connectivity index (χ0) is 10.7. The summed E-state index contributed by atoms with van der Waals surface area (Å²) in [6.45, 7) is 0. The van der Waals surface area contributed by atoms with Crippen molar-refractivity contribution in [1.82, 2.24) is 4.98 Å². The molecule has 0 bridgehead atoms. The SMILES string of the molecule is O=C(O)C1OC(Oc2ccccn2)CS1. The molecule has 1 saturated heterocycles. The van der Waals surface area contributed by atoms with Crippen molar-refractivity contribution in [3.8, 4) is 5.88 Å². The first-order chi connectivity index (χ1) is 7.25. The lowest BCUT2D eigenvalue weighted by Gasteiger charge is -2.11. The first-order valence-corrected chi connectivity index (χ1v) is 5.38. The second-order valence-electron chi connectivity index (χ2n) is 2.85. The monoisotopic (exact) mass is 227 g/mol. The molecule has 2 rings (SSSR count). The molecule has 1 aliphatic heterocycles. The number of thioether (sulfide) groups is 1. The van der Waals surface area contributed by atoms with Crippen molar-refractivity contribution in [3.63, 3.8) is 0 Å². The van der Waals surface area contributed by atoms with Crippen molar-refractivity contribution in [2.45, 2.75) is 11.7 Å². The third kappa shape index (κ3) is 2.60. The number of ether oxygens (including phenoxy) is 2. The summed E-state index contributed by atoms with van der Waals surface area (Å²) in [4.78, 5) is 14.5. The minimum absolute atomic E-state index is 0.439. The predicted molar refractivity (Wildman–Crippen MR) is 53.6 cm³/mol. The lowest BCUT2D eigenvalue weighted by Crippen LogP contribution is -2.23. The zero-order valence-corrected chi connectivity index (χ0v) is 8.52. The summed E-state index contributed by atoms with van der Waals surface area (Å²) in [6.07, 6.45) is 1.07. The van der Waals surface area contributed by atoms with Crippen LogP contribution in [0.3, 0.4) is 0 Å². The maximum absolute atomic E-state index is 10.6. The van der Waals surface area contributed by atoms with Gasteiger partial charge in [-0.05, 0) is 6.07 Å². The predicted octanol–water partition coefficient (Wildman–Crippen LogP) is 0.961. The van der Waals surface area contributed by atoms with Crippen LogP contribution in [0, 0.1) is 0 Å². The topological polar surface area (TPSA) is 68.7 Å². The zero-order valence-electron chi connectivity index (χ0n) is 7.70. The Morgan fingerprint density at radius 2 is 2.53 bits per heavy atom. The van der Waals surface area contributed by atoms with Gasteiger partial charge in [0.1, 0.15) is 0 Å². The van der Waals surface area contributed by atoms with Crippen molar-refractivity contribution in [1.29, 1.82) is 0 Å². The molecule has 0 aliphatic carbocycles. The van der Waals surface area contributed by atoms with Crippen LogP contribution in [0.25, 0.3) is 0 Å². The second kappa shape index (κ2) is 4.50. The highest BCUT2D eigenvalue weighted by atomic mass is 32.2. The Labute approximate surface area is 90.4 Å². The van der Waals surface area contributed by atoms with E-state index in [1.807, 2.05) is 0 Å². The molecule has 0 spiro atoms. The first-order valence-electron chi connectivity index (χ1n) is 4.33. The van der Waals surface area contributed by atoms with Gasteiger partial charge in [0.2, 0.25) is 17.6 Å². The number of aromatic nitrogens is 1. The van der Waals surface area contributed by atoms with E-state index in [1.54, 1.807) is 24.4 Å². The molecule has 1 aromatic heterocycles. The van der Waals surface area contributed by atoms with E-state index in [0.717, 1.165) is 0 Å². The largest absolute Gasteiger partial charge is 0.479 e. The molecule has 15 heavy (non-hydrogen) atoms. The maximum atomic E-state index is 10.6. The molecule has 6 heteroatoms. The van der Waals surface area contributed by atoms with E-state index in [4.69, 9.17) is 14.6 Å². The molecule has 0 radical (unpaired) electrons. The van der Waals surface area contributed by atoms with E-state index in [1.165, 1.54) is 11.8 Å². The van der Waals surface area contributed by atoms with Gasteiger partial charge in [-0.25, -0.2) is 9.78 Å². The van der Waals surface area contributed by atoms with Gasteiger partial charge in [-0.15, -0.1) is 11.8 Å². The summed E-state index contributed by atoms with van der Waals surface area (Å²) in [7, 11) is 0. The summed E-state index contributed by atoms with van der Waals surface area (Å²) in [5.41, 5.74) is -0.835. The molecule has 1 fully saturated rings. The quantitative estimate of drug-likeness (QED) is 0.829. The van der Waals surface area contributed by atoms with Crippen LogP contribution in [0.5, 0.6) is 5.88 Å². The van der Waals surface area contributed by atoms with Crippen molar-refractivity contribution >= 4 is 17.7 Å². The Kier molecular flexibility index (Phi) is 3.08. The van der Waals surface area contributed by atoms with Gasteiger partial charge in [-0.1, -0.05) is 6.07 Å². The lowest BCUT2D eigenvalue weighted by molar-refractivity contribution is -0.152. The fraction of sp³-hybridized carbons (Fsp3) is 0.333. The average Bonchev–Trinajstić information content (AvgIpc) is 2.68. The Balaban J connectivity index is 1.90. The number of aliphatic carboxylic acids is 1. The van der Waals surface area contributed by atoms with Gasteiger partial charge in [0.05, 0.1) is 5.75 Å². The summed E-state index contributed by atoms with van der Waals surface area (Å²) < 4.78 is 10.5. The number of hydrogen-bond donors (Lipinski definition) is 1. The second-order valence-corrected chi connectivity index (χ2v) is 3.95. The van der Waals surface area contributed by atoms with E-state index in [0.29, 0.717) is 11.6 Å². The van der Waals surface area contributed by atoms with Crippen molar-refractivity contribution in [2.24, 2.45) is 0 Å². The summed E-state index contributed by atoms with van der Waals surface area (Å²) in [6, 6.07) is 5.26. The normalized spacial score (nSPS) is 25.1. The molecular formula is C9H9NO4S. The third-order valence-electron chi connectivity index (χ3n) is 1.75. The van der Waals surface area contributed by atoms with Crippen LogP contribution >= 0.6 is 11.8 Å². The number of pyridine rings is 1. The van der Waals surface area contributed by atoms with Crippen LogP contribution in [0.2, 0.25) is 0 Å². The van der Waals surface area contributed by atoms with Crippen LogP contribution in [0.15, 0.2) is 24.4 Å². The van der Waals surface area contributed by atoms with E-state index in [2.05, 4.69) is 4.98 Å². The fourth-order valence-corrected chi connectivity index (χ4v) is 1.95. The fourth-order valence-electron chi connectivity index (χ4n) is 1.13. The Morgan fingerprint density at radius 1 is 1.67 bits per heavy atom. The van der Waals surface area contributed by atoms with Crippen LogP contribution in [-0.2, 0) is 9.53 Å². The molecule has 0 amide bonds. The van der Waals surface area contributed by atoms with Crippen molar-refractivity contribution < 1.29 is 19.4 Å². The van der Waals surface area contributed by atoms with Crippen molar-refractivity contribution in [2.75, 3.05) is 5.75 Å². The number of carboxylic acids is 1. The summed E-state index contributed by atoms with van der Waals surface area (Å²) in [5, 5.41) is 8.68. The average molecular weight is 227 g/mol. The van der Waals surface area contributed by atoms with E-state index < -0.39 is 17.7 Å². The van der Waals surface area contributed by atoms with Crippen LogP contribution in [-0.4, -0.2) is 33.5 Å².